The Morgan fingerprint density at radius 2 is 2.07 bits per heavy atom. The van der Waals surface area contributed by atoms with Gasteiger partial charge in [-0.25, -0.2) is 0 Å². The summed E-state index contributed by atoms with van der Waals surface area (Å²) in [5.74, 6) is 0.889. The van der Waals surface area contributed by atoms with E-state index in [4.69, 9.17) is 4.74 Å². The summed E-state index contributed by atoms with van der Waals surface area (Å²) in [4.78, 5) is 11.7. The maximum absolute atomic E-state index is 11.7. The van der Waals surface area contributed by atoms with Gasteiger partial charge in [0.15, 0.2) is 5.78 Å². The molecule has 0 unspecified atom stereocenters. The van der Waals surface area contributed by atoms with Crippen molar-refractivity contribution in [3.63, 3.8) is 0 Å². The molecule has 82 valence electrons. The Balaban J connectivity index is 1.94. The first-order valence-electron chi connectivity index (χ1n) is 6.13. The molecule has 0 radical (unpaired) electrons. The predicted octanol–water partition coefficient (Wildman–Crippen LogP) is 2.48. The van der Waals surface area contributed by atoms with Crippen LogP contribution in [0, 0.1) is 11.8 Å². The van der Waals surface area contributed by atoms with Gasteiger partial charge in [-0.15, -0.1) is 0 Å². The number of allylic oxidation sites excluding steroid dienone is 1. The van der Waals surface area contributed by atoms with Crippen LogP contribution < -0.4 is 0 Å². The molecule has 1 heterocycles. The molecule has 2 heteroatoms. The standard InChI is InChI=1S/C13H18O2/c1-9-10-8-15-13(5-3-2-4-6-13)11(10)7-12(9)14/h7,9-10H,2-6,8H2,1H3/t9-,10+/m0/s1. The maximum atomic E-state index is 11.7. The van der Waals surface area contributed by atoms with E-state index < -0.39 is 0 Å². The Bertz CT molecular complexity index is 323. The lowest BCUT2D eigenvalue weighted by Crippen LogP contribution is -2.32. The van der Waals surface area contributed by atoms with Gasteiger partial charge in [0, 0.05) is 11.8 Å². The molecule has 2 aliphatic carbocycles. The van der Waals surface area contributed by atoms with E-state index in [0.29, 0.717) is 11.7 Å². The van der Waals surface area contributed by atoms with Crippen molar-refractivity contribution in [3.05, 3.63) is 11.6 Å². The summed E-state index contributed by atoms with van der Waals surface area (Å²) in [7, 11) is 0. The molecule has 1 saturated heterocycles. The van der Waals surface area contributed by atoms with Gasteiger partial charge in [0.2, 0.25) is 0 Å². The Morgan fingerprint density at radius 3 is 2.80 bits per heavy atom. The fourth-order valence-electron chi connectivity index (χ4n) is 3.45. The Labute approximate surface area is 90.7 Å². The van der Waals surface area contributed by atoms with Gasteiger partial charge in [-0.2, -0.15) is 0 Å². The summed E-state index contributed by atoms with van der Waals surface area (Å²) in [5.41, 5.74) is 1.31. The van der Waals surface area contributed by atoms with E-state index in [0.717, 1.165) is 19.4 Å². The number of ether oxygens (including phenoxy) is 1. The van der Waals surface area contributed by atoms with Gasteiger partial charge in [0.1, 0.15) is 0 Å². The average Bonchev–Trinajstić information content (AvgIpc) is 2.72. The minimum absolute atomic E-state index is 0.0245. The second-order valence-corrected chi connectivity index (χ2v) is 5.26. The zero-order chi connectivity index (χ0) is 10.5. The Hall–Kier alpha value is -0.630. The normalized spacial score (nSPS) is 38.2. The SMILES string of the molecule is C[C@@H]1C(=O)C=C2[C@@H]1COC21CCCCC1. The van der Waals surface area contributed by atoms with Gasteiger partial charge < -0.3 is 4.74 Å². The summed E-state index contributed by atoms with van der Waals surface area (Å²) in [6.07, 6.45) is 8.00. The van der Waals surface area contributed by atoms with E-state index in [1.54, 1.807) is 0 Å². The van der Waals surface area contributed by atoms with Crippen molar-refractivity contribution in [2.75, 3.05) is 6.61 Å². The molecule has 0 aromatic heterocycles. The average molecular weight is 206 g/mol. The van der Waals surface area contributed by atoms with Crippen LogP contribution in [0.25, 0.3) is 0 Å². The lowest BCUT2D eigenvalue weighted by atomic mass is 9.77. The molecule has 2 fully saturated rings. The first-order valence-corrected chi connectivity index (χ1v) is 6.13. The topological polar surface area (TPSA) is 26.3 Å². The van der Waals surface area contributed by atoms with Gasteiger partial charge in [0.05, 0.1) is 12.2 Å². The molecule has 1 aliphatic heterocycles. The predicted molar refractivity (Wildman–Crippen MR) is 57.5 cm³/mol. The van der Waals surface area contributed by atoms with Gasteiger partial charge in [-0.1, -0.05) is 26.2 Å². The van der Waals surface area contributed by atoms with E-state index in [9.17, 15) is 4.79 Å². The minimum Gasteiger partial charge on any atom is -0.370 e. The minimum atomic E-state index is -0.0245. The van der Waals surface area contributed by atoms with Crippen molar-refractivity contribution in [2.24, 2.45) is 11.8 Å². The molecule has 0 aromatic rings. The van der Waals surface area contributed by atoms with Crippen LogP contribution in [0.3, 0.4) is 0 Å². The first-order chi connectivity index (χ1) is 7.23. The number of carbonyl (C=O) groups is 1. The zero-order valence-electron chi connectivity index (χ0n) is 9.29. The molecule has 15 heavy (non-hydrogen) atoms. The summed E-state index contributed by atoms with van der Waals surface area (Å²) in [6.45, 7) is 2.82. The third kappa shape index (κ3) is 1.24. The third-order valence-electron chi connectivity index (χ3n) is 4.48. The number of carbonyl (C=O) groups excluding carboxylic acids is 1. The van der Waals surface area contributed by atoms with E-state index in [1.807, 2.05) is 13.0 Å². The molecule has 3 aliphatic rings. The van der Waals surface area contributed by atoms with Crippen LogP contribution in [0.1, 0.15) is 39.0 Å². The van der Waals surface area contributed by atoms with Gasteiger partial charge in [-0.05, 0) is 24.5 Å². The monoisotopic (exact) mass is 206 g/mol. The Kier molecular flexibility index (Phi) is 2.03. The number of rotatable bonds is 0. The van der Waals surface area contributed by atoms with Crippen LogP contribution >= 0.6 is 0 Å². The molecule has 1 spiro atoms. The van der Waals surface area contributed by atoms with Crippen LogP contribution in [0.5, 0.6) is 0 Å². The molecule has 0 amide bonds. The number of hydrogen-bond acceptors (Lipinski definition) is 2. The highest BCUT2D eigenvalue weighted by Crippen LogP contribution is 2.50. The first kappa shape index (κ1) is 9.59. The van der Waals surface area contributed by atoms with Crippen LogP contribution in [-0.4, -0.2) is 18.0 Å². The molecule has 2 atom stereocenters. The fourth-order valence-corrected chi connectivity index (χ4v) is 3.45. The van der Waals surface area contributed by atoms with Crippen molar-refractivity contribution in [3.8, 4) is 0 Å². The van der Waals surface area contributed by atoms with Crippen molar-refractivity contribution in [1.82, 2.24) is 0 Å². The van der Waals surface area contributed by atoms with Crippen LogP contribution in [0.2, 0.25) is 0 Å². The van der Waals surface area contributed by atoms with E-state index >= 15 is 0 Å². The summed E-state index contributed by atoms with van der Waals surface area (Å²) in [6, 6.07) is 0. The summed E-state index contributed by atoms with van der Waals surface area (Å²) in [5, 5.41) is 0. The van der Waals surface area contributed by atoms with Gasteiger partial charge >= 0.3 is 0 Å². The van der Waals surface area contributed by atoms with Gasteiger partial charge in [0.25, 0.3) is 0 Å². The molecular formula is C13H18O2. The van der Waals surface area contributed by atoms with E-state index in [2.05, 4.69) is 0 Å². The highest BCUT2D eigenvalue weighted by atomic mass is 16.5. The van der Waals surface area contributed by atoms with Crippen LogP contribution in [-0.2, 0) is 9.53 Å². The molecule has 3 rings (SSSR count). The smallest absolute Gasteiger partial charge is 0.159 e. The summed E-state index contributed by atoms with van der Waals surface area (Å²) < 4.78 is 6.05. The second kappa shape index (κ2) is 3.18. The largest absolute Gasteiger partial charge is 0.370 e. The lowest BCUT2D eigenvalue weighted by Gasteiger charge is -2.33. The molecular weight excluding hydrogens is 188 g/mol. The highest BCUT2D eigenvalue weighted by Gasteiger charge is 2.51. The van der Waals surface area contributed by atoms with Crippen LogP contribution in [0.15, 0.2) is 11.6 Å². The Morgan fingerprint density at radius 1 is 1.33 bits per heavy atom. The second-order valence-electron chi connectivity index (χ2n) is 5.26. The highest BCUT2D eigenvalue weighted by molar-refractivity contribution is 5.96. The van der Waals surface area contributed by atoms with E-state index in [-0.39, 0.29) is 11.5 Å². The van der Waals surface area contributed by atoms with Crippen LogP contribution in [0.4, 0.5) is 0 Å². The number of ketones is 1. The molecule has 0 aromatic carbocycles. The molecule has 1 saturated carbocycles. The molecule has 0 bridgehead atoms. The van der Waals surface area contributed by atoms with E-state index in [1.165, 1.54) is 24.8 Å². The van der Waals surface area contributed by atoms with Crippen molar-refractivity contribution in [1.29, 1.82) is 0 Å². The zero-order valence-corrected chi connectivity index (χ0v) is 9.29. The third-order valence-corrected chi connectivity index (χ3v) is 4.48. The lowest BCUT2D eigenvalue weighted by molar-refractivity contribution is -0.118. The quantitative estimate of drug-likeness (QED) is 0.608. The van der Waals surface area contributed by atoms with Crippen molar-refractivity contribution >= 4 is 5.78 Å². The number of fused-ring (bicyclic) bond motifs is 2. The fraction of sp³-hybridized carbons (Fsp3) is 0.769. The van der Waals surface area contributed by atoms with Crippen molar-refractivity contribution < 1.29 is 9.53 Å². The van der Waals surface area contributed by atoms with Gasteiger partial charge in [-0.3, -0.25) is 4.79 Å². The number of hydrogen-bond donors (Lipinski definition) is 0. The molecule has 2 nitrogen and oxygen atoms in total. The maximum Gasteiger partial charge on any atom is 0.159 e. The summed E-state index contributed by atoms with van der Waals surface area (Å²) >= 11 is 0. The van der Waals surface area contributed by atoms with Crippen molar-refractivity contribution in [2.45, 2.75) is 44.6 Å². The molecule has 0 N–H and O–H groups in total.